The quantitative estimate of drug-likeness (QED) is 0.103. The second kappa shape index (κ2) is 21.6. The standard InChI is InChI=1S/C45H59N9O9/c1-6-32(49-42(60)38(27(2)55)48-26-33-37(57)15-10-21-47-33)43(61)53-22-11-14-34(53)44(62)52(5)36(24-28-16-18-30(19-17-28)51(3)4)45(63)54-23-20-31(56)25-35(54)41(59)50-39(40(46)58)29-12-8-7-9-13-29/h7-10,12-13,15-19,21,27,32,34-36,38-39,48,55,57H,6,11,14,20,22-26H2,1-5H3,(H2,46,58)(H,49,60)(H,50,59)/t27-,32-,34+,35+,36+,38+,39+/m1/s1. The van der Waals surface area contributed by atoms with Gasteiger partial charge in [-0.3, -0.25) is 43.9 Å². The van der Waals surface area contributed by atoms with E-state index in [1.54, 1.807) is 43.3 Å². The summed E-state index contributed by atoms with van der Waals surface area (Å²) in [5.41, 5.74) is 7.98. The number of hydrogen-bond donors (Lipinski definition) is 6. The van der Waals surface area contributed by atoms with Crippen LogP contribution in [0.5, 0.6) is 5.75 Å². The summed E-state index contributed by atoms with van der Waals surface area (Å²) in [4.78, 5) is 107. The van der Waals surface area contributed by atoms with E-state index < -0.39 is 77.8 Å². The Morgan fingerprint density at radius 3 is 2.21 bits per heavy atom. The number of carbonyl (C=O) groups is 7. The lowest BCUT2D eigenvalue weighted by atomic mass is 9.95. The summed E-state index contributed by atoms with van der Waals surface area (Å²) in [5.74, 6) is -4.25. The second-order valence-electron chi connectivity index (χ2n) is 16.3. The largest absolute Gasteiger partial charge is 0.506 e. The molecule has 0 saturated carbocycles. The van der Waals surface area contributed by atoms with E-state index >= 15 is 0 Å². The van der Waals surface area contributed by atoms with Gasteiger partial charge in [0.1, 0.15) is 47.8 Å². The van der Waals surface area contributed by atoms with Gasteiger partial charge < -0.3 is 46.2 Å². The number of aliphatic hydroxyl groups is 1. The zero-order valence-electron chi connectivity index (χ0n) is 36.4. The molecule has 0 unspecified atom stereocenters. The molecular formula is C45H59N9O9. The molecule has 0 aliphatic carbocycles. The van der Waals surface area contributed by atoms with Gasteiger partial charge in [0.05, 0.1) is 11.8 Å². The number of piperidine rings is 1. The third-order valence-electron chi connectivity index (χ3n) is 11.7. The molecule has 1 aromatic heterocycles. The van der Waals surface area contributed by atoms with E-state index in [4.69, 9.17) is 5.73 Å². The van der Waals surface area contributed by atoms with Gasteiger partial charge in [-0.1, -0.05) is 49.4 Å². The summed E-state index contributed by atoms with van der Waals surface area (Å²) >= 11 is 0. The van der Waals surface area contributed by atoms with E-state index in [0.29, 0.717) is 17.5 Å². The van der Waals surface area contributed by atoms with Gasteiger partial charge in [0, 0.05) is 71.9 Å². The zero-order valence-corrected chi connectivity index (χ0v) is 36.4. The number of carbonyl (C=O) groups excluding carboxylic acids is 7. The van der Waals surface area contributed by atoms with Crippen LogP contribution >= 0.6 is 0 Å². The van der Waals surface area contributed by atoms with E-state index in [1.807, 2.05) is 43.3 Å². The highest BCUT2D eigenvalue weighted by molar-refractivity contribution is 5.99. The molecule has 2 fully saturated rings. The number of aliphatic hydroxyl groups excluding tert-OH is 1. The number of nitrogens with one attached hydrogen (secondary N) is 3. The minimum Gasteiger partial charge on any atom is -0.506 e. The normalized spacial score (nSPS) is 18.7. The lowest BCUT2D eigenvalue weighted by Gasteiger charge is -2.40. The first-order chi connectivity index (χ1) is 30.0. The van der Waals surface area contributed by atoms with E-state index in [1.165, 1.54) is 40.9 Å². The number of rotatable bonds is 18. The van der Waals surface area contributed by atoms with Crippen molar-refractivity contribution in [3.05, 3.63) is 89.7 Å². The molecule has 0 radical (unpaired) electrons. The number of Topliss-reactive ketones (excluding diaryl/α,β-unsaturated/α-hetero) is 1. The van der Waals surface area contributed by atoms with Gasteiger partial charge in [0.15, 0.2) is 0 Å². The SMILES string of the molecule is CC[C@@H](NC(=O)[C@@H](NCc1ncccc1O)[C@@H](C)O)C(=O)N1CCC[C@H]1C(=O)N(C)[C@@H](Cc1ccc(N(C)C)cc1)C(=O)N1CCC(=O)C[C@H]1C(=O)N[C@H](C(N)=O)c1ccccc1. The van der Waals surface area contributed by atoms with Crippen molar-refractivity contribution in [1.82, 2.24) is 35.6 Å². The van der Waals surface area contributed by atoms with Crippen LogP contribution in [0, 0.1) is 0 Å². The number of amides is 6. The van der Waals surface area contributed by atoms with E-state index in [2.05, 4.69) is 20.9 Å². The first-order valence-electron chi connectivity index (χ1n) is 21.2. The molecule has 63 heavy (non-hydrogen) atoms. The Hall–Kier alpha value is -6.40. The second-order valence-corrected chi connectivity index (χ2v) is 16.3. The molecule has 0 spiro atoms. The average molecular weight is 870 g/mol. The van der Waals surface area contributed by atoms with Gasteiger partial charge >= 0.3 is 0 Å². The lowest BCUT2D eigenvalue weighted by molar-refractivity contribution is -0.154. The minimum atomic E-state index is -1.31. The van der Waals surface area contributed by atoms with E-state index in [0.717, 1.165) is 5.69 Å². The molecule has 18 heteroatoms. The van der Waals surface area contributed by atoms with Gasteiger partial charge in [-0.25, -0.2) is 0 Å². The van der Waals surface area contributed by atoms with Crippen LogP contribution in [0.3, 0.4) is 0 Å². The summed E-state index contributed by atoms with van der Waals surface area (Å²) in [6.07, 6.45) is 0.882. The Morgan fingerprint density at radius 2 is 1.59 bits per heavy atom. The summed E-state index contributed by atoms with van der Waals surface area (Å²) in [5, 5.41) is 28.9. The van der Waals surface area contributed by atoms with Gasteiger partial charge in [0.25, 0.3) is 0 Å². The molecule has 5 rings (SSSR count). The van der Waals surface area contributed by atoms with Gasteiger partial charge in [-0.15, -0.1) is 0 Å². The third-order valence-corrected chi connectivity index (χ3v) is 11.7. The molecule has 3 heterocycles. The molecule has 2 aromatic carbocycles. The molecule has 2 aliphatic rings. The first kappa shape index (κ1) is 47.6. The number of benzene rings is 2. The summed E-state index contributed by atoms with van der Waals surface area (Å²) < 4.78 is 0. The van der Waals surface area contributed by atoms with Crippen LogP contribution in [0.25, 0.3) is 0 Å². The van der Waals surface area contributed by atoms with Crippen LogP contribution in [0.15, 0.2) is 72.9 Å². The minimum absolute atomic E-state index is 0.0263. The third kappa shape index (κ3) is 11.7. The molecule has 2 aliphatic heterocycles. The number of nitrogens with two attached hydrogens (primary N) is 1. The van der Waals surface area contributed by atoms with Crippen LogP contribution in [-0.2, 0) is 46.5 Å². The molecular weight excluding hydrogens is 811 g/mol. The predicted octanol–water partition coefficient (Wildman–Crippen LogP) is 0.551. The number of anilines is 1. The Balaban J connectivity index is 1.38. The fourth-order valence-electron chi connectivity index (χ4n) is 7.99. The highest BCUT2D eigenvalue weighted by Gasteiger charge is 2.45. The number of hydrogen-bond acceptors (Lipinski definition) is 12. The number of likely N-dealkylation sites (tertiary alicyclic amines) is 2. The number of aromatic nitrogens is 1. The van der Waals surface area contributed by atoms with Gasteiger partial charge in [-0.2, -0.15) is 0 Å². The van der Waals surface area contributed by atoms with Crippen molar-refractivity contribution in [3.8, 4) is 5.75 Å². The maximum absolute atomic E-state index is 14.9. The monoisotopic (exact) mass is 869 g/mol. The van der Waals surface area contributed by atoms with Crippen molar-refractivity contribution in [2.75, 3.05) is 39.1 Å². The fourth-order valence-corrected chi connectivity index (χ4v) is 7.99. The van der Waals surface area contributed by atoms with Crippen LogP contribution in [0.1, 0.15) is 68.8 Å². The number of pyridine rings is 1. The maximum atomic E-state index is 14.9. The predicted molar refractivity (Wildman–Crippen MR) is 232 cm³/mol. The smallest absolute Gasteiger partial charge is 0.246 e. The molecule has 7 atom stereocenters. The van der Waals surface area contributed by atoms with Crippen molar-refractivity contribution in [2.24, 2.45) is 5.73 Å². The van der Waals surface area contributed by atoms with Gasteiger partial charge in [0.2, 0.25) is 35.4 Å². The molecule has 3 aromatic rings. The Bertz CT molecular complexity index is 2120. The molecule has 7 N–H and O–H groups in total. The van der Waals surface area contributed by atoms with E-state index in [9.17, 15) is 43.8 Å². The van der Waals surface area contributed by atoms with Crippen molar-refractivity contribution in [1.29, 1.82) is 0 Å². The van der Waals surface area contributed by atoms with Crippen LogP contribution in [-0.4, -0.2) is 142 Å². The topological polar surface area (TPSA) is 248 Å². The number of primary amides is 1. The molecule has 0 bridgehead atoms. The Labute approximate surface area is 367 Å². The fraction of sp³-hybridized carbons (Fsp3) is 0.467. The molecule has 6 amide bonds. The van der Waals surface area contributed by atoms with Crippen LogP contribution in [0.2, 0.25) is 0 Å². The number of aromatic hydroxyl groups is 1. The van der Waals surface area contributed by atoms with Crippen molar-refractivity contribution in [3.63, 3.8) is 0 Å². The summed E-state index contributed by atoms with van der Waals surface area (Å²) in [6, 6.07) is 11.8. The van der Waals surface area contributed by atoms with Gasteiger partial charge in [-0.05, 0) is 61.6 Å². The summed E-state index contributed by atoms with van der Waals surface area (Å²) in [6.45, 7) is 3.16. The number of nitrogens with zero attached hydrogens (tertiary/aromatic N) is 5. The average Bonchev–Trinajstić information content (AvgIpc) is 3.76. The summed E-state index contributed by atoms with van der Waals surface area (Å²) in [7, 11) is 5.25. The van der Waals surface area contributed by atoms with Crippen molar-refractivity contribution >= 4 is 46.9 Å². The molecule has 18 nitrogen and oxygen atoms in total. The highest BCUT2D eigenvalue weighted by Crippen LogP contribution is 2.26. The highest BCUT2D eigenvalue weighted by atomic mass is 16.3. The van der Waals surface area contributed by atoms with Crippen molar-refractivity contribution < 1.29 is 43.8 Å². The molecule has 2 saturated heterocycles. The van der Waals surface area contributed by atoms with Crippen LogP contribution < -0.4 is 26.6 Å². The Morgan fingerprint density at radius 1 is 0.905 bits per heavy atom. The first-order valence-corrected chi connectivity index (χ1v) is 21.2. The molecule has 338 valence electrons. The van der Waals surface area contributed by atoms with Crippen LogP contribution in [0.4, 0.5) is 5.69 Å². The number of ketones is 1. The zero-order chi connectivity index (χ0) is 46.0. The number of likely N-dealkylation sites (N-methyl/N-ethyl adjacent to an activating group) is 1. The maximum Gasteiger partial charge on any atom is 0.246 e. The van der Waals surface area contributed by atoms with E-state index in [-0.39, 0.29) is 69.0 Å². The Kier molecular flexibility index (Phi) is 16.3. The van der Waals surface area contributed by atoms with Crippen molar-refractivity contribution in [2.45, 2.75) is 101 Å². The lowest BCUT2D eigenvalue weighted by Crippen LogP contribution is -2.61.